The van der Waals surface area contributed by atoms with Crippen LogP contribution in [0, 0.1) is 0 Å². The Morgan fingerprint density at radius 1 is 1.33 bits per heavy atom. The maximum atomic E-state index is 12.5. The van der Waals surface area contributed by atoms with Crippen molar-refractivity contribution in [1.29, 1.82) is 0 Å². The Hall–Kier alpha value is -1.10. The van der Waals surface area contributed by atoms with E-state index in [1.165, 1.54) is 0 Å². The molecule has 1 unspecified atom stereocenters. The van der Waals surface area contributed by atoms with Gasteiger partial charge in [-0.1, -0.05) is 29.3 Å². The zero-order valence-electron chi connectivity index (χ0n) is 11.5. The summed E-state index contributed by atoms with van der Waals surface area (Å²) in [5, 5.41) is 1.10. The summed E-state index contributed by atoms with van der Waals surface area (Å²) in [4.78, 5) is 18.2. The minimum atomic E-state index is -0.198. The Morgan fingerprint density at radius 3 is 2.67 bits per heavy atom. The van der Waals surface area contributed by atoms with Crippen molar-refractivity contribution in [2.24, 2.45) is 0 Å². The summed E-state index contributed by atoms with van der Waals surface area (Å²) in [6.07, 6.45) is 1.59. The third-order valence-corrected chi connectivity index (χ3v) is 4.48. The lowest BCUT2D eigenvalue weighted by Crippen LogP contribution is -2.30. The van der Waals surface area contributed by atoms with Crippen LogP contribution in [0.4, 0.5) is 0 Å². The molecule has 6 heteroatoms. The topological polar surface area (TPSA) is 33.2 Å². The van der Waals surface area contributed by atoms with Crippen molar-refractivity contribution >= 4 is 45.0 Å². The SMILES string of the molecule is CC(c1ccc(Cl)cc1Cl)N(C)C(=O)c1ncccc1Br. The predicted molar refractivity (Wildman–Crippen MR) is 88.9 cm³/mol. The third-order valence-electron chi connectivity index (χ3n) is 3.27. The predicted octanol–water partition coefficient (Wildman–Crippen LogP) is 4.98. The number of halogens is 3. The molecule has 0 bridgehead atoms. The molecule has 2 aromatic rings. The van der Waals surface area contributed by atoms with Crippen molar-refractivity contribution < 1.29 is 4.79 Å². The highest BCUT2D eigenvalue weighted by Crippen LogP contribution is 2.30. The molecule has 2 rings (SSSR count). The Bertz CT molecular complexity index is 678. The molecular formula is C15H13BrCl2N2O. The van der Waals surface area contributed by atoms with Crippen LogP contribution in [-0.2, 0) is 0 Å². The van der Waals surface area contributed by atoms with Crippen molar-refractivity contribution in [2.75, 3.05) is 7.05 Å². The largest absolute Gasteiger partial charge is 0.334 e. The summed E-state index contributed by atoms with van der Waals surface area (Å²) >= 11 is 15.4. The Morgan fingerprint density at radius 2 is 2.05 bits per heavy atom. The van der Waals surface area contributed by atoms with Gasteiger partial charge in [-0.15, -0.1) is 0 Å². The minimum Gasteiger partial charge on any atom is -0.334 e. The van der Waals surface area contributed by atoms with Gasteiger partial charge in [0, 0.05) is 27.8 Å². The maximum absolute atomic E-state index is 12.5. The Labute approximate surface area is 142 Å². The lowest BCUT2D eigenvalue weighted by Gasteiger charge is -2.26. The zero-order valence-corrected chi connectivity index (χ0v) is 14.6. The molecule has 1 amide bonds. The molecule has 0 saturated carbocycles. The van der Waals surface area contributed by atoms with Crippen LogP contribution in [0.15, 0.2) is 41.0 Å². The van der Waals surface area contributed by atoms with E-state index in [1.54, 1.807) is 42.4 Å². The van der Waals surface area contributed by atoms with E-state index in [4.69, 9.17) is 23.2 Å². The molecule has 0 N–H and O–H groups in total. The van der Waals surface area contributed by atoms with E-state index in [0.29, 0.717) is 20.2 Å². The summed E-state index contributed by atoms with van der Waals surface area (Å²) in [5.41, 5.74) is 1.21. The summed E-state index contributed by atoms with van der Waals surface area (Å²) in [6, 6.07) is 8.61. The van der Waals surface area contributed by atoms with Crippen molar-refractivity contribution in [3.05, 3.63) is 62.3 Å². The number of amides is 1. The molecule has 0 saturated heterocycles. The van der Waals surface area contributed by atoms with Crippen molar-refractivity contribution in [1.82, 2.24) is 9.88 Å². The molecule has 110 valence electrons. The normalized spacial score (nSPS) is 12.0. The van der Waals surface area contributed by atoms with Crippen LogP contribution >= 0.6 is 39.1 Å². The monoisotopic (exact) mass is 386 g/mol. The fraction of sp³-hybridized carbons (Fsp3) is 0.200. The highest BCUT2D eigenvalue weighted by atomic mass is 79.9. The molecule has 1 atom stereocenters. The summed E-state index contributed by atoms with van der Waals surface area (Å²) in [5.74, 6) is -0.180. The maximum Gasteiger partial charge on any atom is 0.273 e. The zero-order chi connectivity index (χ0) is 15.6. The van der Waals surface area contributed by atoms with E-state index in [9.17, 15) is 4.79 Å². The number of hydrogen-bond donors (Lipinski definition) is 0. The third kappa shape index (κ3) is 3.57. The van der Waals surface area contributed by atoms with Crippen LogP contribution in [0.3, 0.4) is 0 Å². The summed E-state index contributed by atoms with van der Waals surface area (Å²) < 4.78 is 0.663. The Balaban J connectivity index is 2.29. The number of carbonyl (C=O) groups is 1. The molecule has 0 fully saturated rings. The highest BCUT2D eigenvalue weighted by Gasteiger charge is 2.23. The van der Waals surface area contributed by atoms with Crippen LogP contribution in [0.5, 0.6) is 0 Å². The number of rotatable bonds is 3. The van der Waals surface area contributed by atoms with E-state index in [2.05, 4.69) is 20.9 Å². The molecule has 0 aliphatic heterocycles. The van der Waals surface area contributed by atoms with Gasteiger partial charge in [-0.25, -0.2) is 4.98 Å². The van der Waals surface area contributed by atoms with Gasteiger partial charge in [0.2, 0.25) is 0 Å². The van der Waals surface area contributed by atoms with Crippen molar-refractivity contribution in [3.63, 3.8) is 0 Å². The first-order valence-electron chi connectivity index (χ1n) is 6.24. The number of hydrogen-bond acceptors (Lipinski definition) is 2. The lowest BCUT2D eigenvalue weighted by atomic mass is 10.1. The van der Waals surface area contributed by atoms with Gasteiger partial charge in [-0.3, -0.25) is 4.79 Å². The first-order chi connectivity index (χ1) is 9.91. The standard InChI is InChI=1S/C15H13BrCl2N2O/c1-9(11-6-5-10(17)8-13(11)18)20(2)15(21)14-12(16)4-3-7-19-14/h3-9H,1-2H3. The average Bonchev–Trinajstić information content (AvgIpc) is 2.45. The number of benzene rings is 1. The molecule has 0 radical (unpaired) electrons. The van der Waals surface area contributed by atoms with Crippen molar-refractivity contribution in [3.8, 4) is 0 Å². The van der Waals surface area contributed by atoms with Gasteiger partial charge in [-0.05, 0) is 52.7 Å². The molecule has 21 heavy (non-hydrogen) atoms. The molecular weight excluding hydrogens is 375 g/mol. The van der Waals surface area contributed by atoms with E-state index in [1.807, 2.05) is 13.0 Å². The van der Waals surface area contributed by atoms with E-state index in [-0.39, 0.29) is 11.9 Å². The van der Waals surface area contributed by atoms with Gasteiger partial charge < -0.3 is 4.90 Å². The molecule has 0 aliphatic carbocycles. The number of aromatic nitrogens is 1. The molecule has 1 heterocycles. The first kappa shape index (κ1) is 16.3. The molecule has 0 spiro atoms. The van der Waals surface area contributed by atoms with E-state index >= 15 is 0 Å². The van der Waals surface area contributed by atoms with Gasteiger partial charge in [0.1, 0.15) is 5.69 Å². The number of carbonyl (C=O) groups excluding carboxylic acids is 1. The fourth-order valence-electron chi connectivity index (χ4n) is 1.93. The molecule has 0 aliphatic rings. The Kier molecular flexibility index (Phi) is 5.25. The molecule has 1 aromatic carbocycles. The second-order valence-corrected chi connectivity index (χ2v) is 6.29. The van der Waals surface area contributed by atoms with Crippen molar-refractivity contribution in [2.45, 2.75) is 13.0 Å². The van der Waals surface area contributed by atoms with Crippen LogP contribution in [0.1, 0.15) is 29.0 Å². The summed E-state index contributed by atoms with van der Waals surface area (Å²) in [6.45, 7) is 1.91. The number of nitrogens with zero attached hydrogens (tertiary/aromatic N) is 2. The van der Waals surface area contributed by atoms with E-state index < -0.39 is 0 Å². The van der Waals surface area contributed by atoms with E-state index in [0.717, 1.165) is 5.56 Å². The van der Waals surface area contributed by atoms with Gasteiger partial charge in [0.15, 0.2) is 0 Å². The van der Waals surface area contributed by atoms with Crippen LogP contribution in [0.25, 0.3) is 0 Å². The lowest BCUT2D eigenvalue weighted by molar-refractivity contribution is 0.0736. The minimum absolute atomic E-state index is 0.180. The average molecular weight is 388 g/mol. The molecule has 3 nitrogen and oxygen atoms in total. The van der Waals surface area contributed by atoms with Gasteiger partial charge in [0.25, 0.3) is 5.91 Å². The first-order valence-corrected chi connectivity index (χ1v) is 7.79. The molecule has 1 aromatic heterocycles. The smallest absolute Gasteiger partial charge is 0.273 e. The van der Waals surface area contributed by atoms with Gasteiger partial charge in [-0.2, -0.15) is 0 Å². The van der Waals surface area contributed by atoms with Crippen LogP contribution in [0.2, 0.25) is 10.0 Å². The summed E-state index contributed by atoms with van der Waals surface area (Å²) in [7, 11) is 1.72. The second-order valence-electron chi connectivity index (χ2n) is 4.59. The number of pyridine rings is 1. The second kappa shape index (κ2) is 6.77. The fourth-order valence-corrected chi connectivity index (χ4v) is 2.93. The quantitative estimate of drug-likeness (QED) is 0.743. The highest BCUT2D eigenvalue weighted by molar-refractivity contribution is 9.10. The van der Waals surface area contributed by atoms with Gasteiger partial charge >= 0.3 is 0 Å². The van der Waals surface area contributed by atoms with Crippen LogP contribution < -0.4 is 0 Å². The van der Waals surface area contributed by atoms with Crippen LogP contribution in [-0.4, -0.2) is 22.8 Å². The van der Waals surface area contributed by atoms with Gasteiger partial charge in [0.05, 0.1) is 6.04 Å².